The van der Waals surface area contributed by atoms with Gasteiger partial charge >= 0.3 is 0 Å². The highest BCUT2D eigenvalue weighted by atomic mass is 16.7. The van der Waals surface area contributed by atoms with Crippen molar-refractivity contribution in [3.8, 4) is 11.5 Å². The summed E-state index contributed by atoms with van der Waals surface area (Å²) in [5.74, 6) is 2.09. The van der Waals surface area contributed by atoms with Crippen LogP contribution in [0.4, 0.5) is 0 Å². The summed E-state index contributed by atoms with van der Waals surface area (Å²) in [4.78, 5) is 23.3. The lowest BCUT2D eigenvalue weighted by atomic mass is 9.77. The Balaban J connectivity index is 1.34. The van der Waals surface area contributed by atoms with Crippen LogP contribution in [-0.4, -0.2) is 50.3 Å². The zero-order chi connectivity index (χ0) is 19.1. The van der Waals surface area contributed by atoms with Crippen molar-refractivity contribution < 1.29 is 14.3 Å². The van der Waals surface area contributed by atoms with E-state index in [-0.39, 0.29) is 23.9 Å². The van der Waals surface area contributed by atoms with Crippen molar-refractivity contribution in [3.05, 3.63) is 48.0 Å². The third kappa shape index (κ3) is 3.04. The third-order valence-electron chi connectivity index (χ3n) is 5.44. The Bertz CT molecular complexity index is 1020. The predicted octanol–water partition coefficient (Wildman–Crippen LogP) is 2.34. The largest absolute Gasteiger partial charge is 0.454 e. The first-order valence-electron chi connectivity index (χ1n) is 9.45. The summed E-state index contributed by atoms with van der Waals surface area (Å²) >= 11 is 0. The predicted molar refractivity (Wildman–Crippen MR) is 100 cm³/mol. The zero-order valence-corrected chi connectivity index (χ0v) is 15.7. The van der Waals surface area contributed by atoms with Crippen LogP contribution < -0.4 is 9.47 Å². The van der Waals surface area contributed by atoms with E-state index >= 15 is 0 Å². The monoisotopic (exact) mass is 379 g/mol. The molecule has 0 bridgehead atoms. The lowest BCUT2D eigenvalue weighted by Crippen LogP contribution is -2.46. The van der Waals surface area contributed by atoms with Gasteiger partial charge in [-0.05, 0) is 48.4 Å². The van der Waals surface area contributed by atoms with Crippen molar-refractivity contribution in [2.75, 3.05) is 19.9 Å². The first-order valence-corrected chi connectivity index (χ1v) is 9.45. The van der Waals surface area contributed by atoms with Crippen LogP contribution in [0.25, 0.3) is 5.78 Å². The molecule has 1 saturated heterocycles. The molecule has 0 N–H and O–H groups in total. The minimum atomic E-state index is -0.137. The standard InChI is InChI=1S/C20H21N5O3/c1-20(11-14-4-5-15-16(10-14)28-13-27-15)6-2-8-24(12-20)18(26)17-22-19-21-7-3-9-25(19)23-17/h3-5,7,9-10H,2,6,8,11-13H2,1H3/t20-/m1/s1. The quantitative estimate of drug-likeness (QED) is 0.695. The van der Waals surface area contributed by atoms with Gasteiger partial charge in [-0.3, -0.25) is 4.79 Å². The van der Waals surface area contributed by atoms with Crippen LogP contribution in [-0.2, 0) is 6.42 Å². The topological polar surface area (TPSA) is 81.9 Å². The molecular weight excluding hydrogens is 358 g/mol. The highest BCUT2D eigenvalue weighted by molar-refractivity contribution is 5.91. The molecule has 1 fully saturated rings. The van der Waals surface area contributed by atoms with Gasteiger partial charge in [0.05, 0.1) is 0 Å². The third-order valence-corrected chi connectivity index (χ3v) is 5.44. The van der Waals surface area contributed by atoms with Gasteiger partial charge in [-0.15, -0.1) is 5.10 Å². The molecule has 1 amide bonds. The number of ether oxygens (including phenoxy) is 2. The second-order valence-corrected chi connectivity index (χ2v) is 7.80. The molecule has 2 aromatic heterocycles. The van der Waals surface area contributed by atoms with Gasteiger partial charge in [-0.2, -0.15) is 4.98 Å². The van der Waals surface area contributed by atoms with E-state index in [4.69, 9.17) is 9.47 Å². The Labute approximate surface area is 162 Å². The van der Waals surface area contributed by atoms with Crippen molar-refractivity contribution in [1.29, 1.82) is 0 Å². The van der Waals surface area contributed by atoms with Crippen molar-refractivity contribution in [1.82, 2.24) is 24.5 Å². The first-order chi connectivity index (χ1) is 13.6. The Kier molecular flexibility index (Phi) is 3.92. The molecule has 0 spiro atoms. The van der Waals surface area contributed by atoms with Gasteiger partial charge in [0.2, 0.25) is 12.6 Å². The second-order valence-electron chi connectivity index (χ2n) is 7.80. The summed E-state index contributed by atoms with van der Waals surface area (Å²) in [6, 6.07) is 7.85. The van der Waals surface area contributed by atoms with E-state index in [1.54, 1.807) is 18.5 Å². The van der Waals surface area contributed by atoms with E-state index in [0.29, 0.717) is 12.3 Å². The number of carbonyl (C=O) groups is 1. The maximum absolute atomic E-state index is 13.0. The van der Waals surface area contributed by atoms with Crippen LogP contribution in [0.1, 0.15) is 35.9 Å². The van der Waals surface area contributed by atoms with Crippen molar-refractivity contribution in [3.63, 3.8) is 0 Å². The van der Waals surface area contributed by atoms with Gasteiger partial charge in [0, 0.05) is 25.5 Å². The van der Waals surface area contributed by atoms with E-state index in [2.05, 4.69) is 28.1 Å². The number of aromatic nitrogens is 4. The summed E-state index contributed by atoms with van der Waals surface area (Å²) in [6.45, 7) is 3.90. The van der Waals surface area contributed by atoms with Gasteiger partial charge < -0.3 is 14.4 Å². The molecular formula is C20H21N5O3. The van der Waals surface area contributed by atoms with Gasteiger partial charge in [0.15, 0.2) is 11.5 Å². The van der Waals surface area contributed by atoms with Crippen LogP contribution in [0.5, 0.6) is 11.5 Å². The summed E-state index contributed by atoms with van der Waals surface area (Å²) in [7, 11) is 0. The Morgan fingerprint density at radius 2 is 2.18 bits per heavy atom. The number of likely N-dealkylation sites (tertiary alicyclic amines) is 1. The number of rotatable bonds is 3. The molecule has 1 aromatic carbocycles. The fraction of sp³-hybridized carbons (Fsp3) is 0.400. The van der Waals surface area contributed by atoms with Gasteiger partial charge in [0.1, 0.15) is 0 Å². The fourth-order valence-corrected chi connectivity index (χ4v) is 4.14. The number of benzene rings is 1. The van der Waals surface area contributed by atoms with Crippen molar-refractivity contribution in [2.24, 2.45) is 5.41 Å². The molecule has 3 aromatic rings. The van der Waals surface area contributed by atoms with E-state index in [1.807, 2.05) is 17.0 Å². The number of carbonyl (C=O) groups excluding carboxylic acids is 1. The molecule has 0 saturated carbocycles. The number of fused-ring (bicyclic) bond motifs is 2. The zero-order valence-electron chi connectivity index (χ0n) is 15.7. The lowest BCUT2D eigenvalue weighted by molar-refractivity contribution is 0.0539. The molecule has 2 aliphatic heterocycles. The summed E-state index contributed by atoms with van der Waals surface area (Å²) in [6.07, 6.45) is 6.27. The van der Waals surface area contributed by atoms with Crippen LogP contribution in [0.2, 0.25) is 0 Å². The van der Waals surface area contributed by atoms with Crippen molar-refractivity contribution in [2.45, 2.75) is 26.2 Å². The average molecular weight is 379 g/mol. The van der Waals surface area contributed by atoms with Gasteiger partial charge in [0.25, 0.3) is 11.7 Å². The highest BCUT2D eigenvalue weighted by Gasteiger charge is 2.35. The molecule has 28 heavy (non-hydrogen) atoms. The van der Waals surface area contributed by atoms with Gasteiger partial charge in [-0.1, -0.05) is 13.0 Å². The Hall–Kier alpha value is -3.16. The molecule has 8 heteroatoms. The van der Waals surface area contributed by atoms with Crippen LogP contribution in [0.3, 0.4) is 0 Å². The number of amides is 1. The molecule has 4 heterocycles. The number of nitrogens with zero attached hydrogens (tertiary/aromatic N) is 5. The summed E-state index contributed by atoms with van der Waals surface area (Å²) in [5.41, 5.74) is 1.18. The number of hydrogen-bond acceptors (Lipinski definition) is 6. The molecule has 5 rings (SSSR count). The van der Waals surface area contributed by atoms with E-state index in [1.165, 1.54) is 10.1 Å². The molecule has 1 atom stereocenters. The second kappa shape index (κ2) is 6.47. The van der Waals surface area contributed by atoms with E-state index < -0.39 is 0 Å². The highest BCUT2D eigenvalue weighted by Crippen LogP contribution is 2.37. The minimum absolute atomic E-state index is 0.0149. The smallest absolute Gasteiger partial charge is 0.293 e. The molecule has 2 aliphatic rings. The van der Waals surface area contributed by atoms with Crippen LogP contribution in [0.15, 0.2) is 36.7 Å². The summed E-state index contributed by atoms with van der Waals surface area (Å²) < 4.78 is 12.4. The Morgan fingerprint density at radius 3 is 3.07 bits per heavy atom. The van der Waals surface area contributed by atoms with Crippen LogP contribution >= 0.6 is 0 Å². The molecule has 0 radical (unpaired) electrons. The van der Waals surface area contributed by atoms with E-state index in [0.717, 1.165) is 37.3 Å². The molecule has 8 nitrogen and oxygen atoms in total. The molecule has 0 unspecified atom stereocenters. The normalized spacial score (nSPS) is 21.2. The molecule has 144 valence electrons. The Morgan fingerprint density at radius 1 is 1.29 bits per heavy atom. The first kappa shape index (κ1) is 17.0. The van der Waals surface area contributed by atoms with Gasteiger partial charge in [-0.25, -0.2) is 9.50 Å². The SMILES string of the molecule is C[C@]1(Cc2ccc3c(c2)OCO3)CCCN(C(=O)c2nc3ncccn3n2)C1. The maximum atomic E-state index is 13.0. The minimum Gasteiger partial charge on any atom is -0.454 e. The van der Waals surface area contributed by atoms with Crippen molar-refractivity contribution >= 4 is 11.7 Å². The fourth-order valence-electron chi connectivity index (χ4n) is 4.14. The van der Waals surface area contributed by atoms with Crippen LogP contribution in [0, 0.1) is 5.41 Å². The summed E-state index contributed by atoms with van der Waals surface area (Å²) in [5, 5.41) is 4.28. The lowest BCUT2D eigenvalue weighted by Gasteiger charge is -2.40. The average Bonchev–Trinajstić information content (AvgIpc) is 3.33. The number of piperidine rings is 1. The molecule has 0 aliphatic carbocycles. The van der Waals surface area contributed by atoms with E-state index in [9.17, 15) is 4.79 Å². The number of hydrogen-bond donors (Lipinski definition) is 0. The maximum Gasteiger partial charge on any atom is 0.293 e.